The Kier molecular flexibility index (Phi) is 5.47. The van der Waals surface area contributed by atoms with Crippen LogP contribution < -0.4 is 15.0 Å². The van der Waals surface area contributed by atoms with E-state index in [1.807, 2.05) is 38.1 Å². The number of hydrogen-bond donors (Lipinski definition) is 1. The Morgan fingerprint density at radius 1 is 1.12 bits per heavy atom. The third kappa shape index (κ3) is 3.83. The number of amides is 2. The van der Waals surface area contributed by atoms with Gasteiger partial charge in [0.15, 0.2) is 0 Å². The Balaban J connectivity index is 1.81. The Morgan fingerprint density at radius 2 is 1.81 bits per heavy atom. The predicted molar refractivity (Wildman–Crippen MR) is 102 cm³/mol. The van der Waals surface area contributed by atoms with Crippen LogP contribution in [0.4, 0.5) is 5.69 Å². The minimum atomic E-state index is -0.635. The summed E-state index contributed by atoms with van der Waals surface area (Å²) in [7, 11) is 0. The van der Waals surface area contributed by atoms with Crippen molar-refractivity contribution in [2.45, 2.75) is 19.9 Å². The molecule has 2 aromatic rings. The standard InChI is InChI=1S/C20H21ClN2O3/c1-13(2)18(22-19(24)14-7-9-15(21)10-8-14)20(25)23-11-12-26-17-6-4-3-5-16(17)23/h3-10,13,18H,11-12H2,1-2H3,(H,22,24)/t18-/m1/s1. The molecular weight excluding hydrogens is 352 g/mol. The topological polar surface area (TPSA) is 58.6 Å². The van der Waals surface area contributed by atoms with Gasteiger partial charge in [-0.1, -0.05) is 37.6 Å². The molecule has 3 rings (SSSR count). The van der Waals surface area contributed by atoms with E-state index in [4.69, 9.17) is 16.3 Å². The first-order valence-electron chi connectivity index (χ1n) is 8.57. The van der Waals surface area contributed by atoms with E-state index in [0.29, 0.717) is 29.5 Å². The second kappa shape index (κ2) is 7.79. The third-order valence-electron chi connectivity index (χ3n) is 4.32. The number of carbonyl (C=O) groups excluding carboxylic acids is 2. The fourth-order valence-electron chi connectivity index (χ4n) is 2.91. The number of anilines is 1. The molecule has 0 aromatic heterocycles. The van der Waals surface area contributed by atoms with Crippen molar-refractivity contribution >= 4 is 29.1 Å². The van der Waals surface area contributed by atoms with Crippen LogP contribution in [0.15, 0.2) is 48.5 Å². The van der Waals surface area contributed by atoms with E-state index >= 15 is 0 Å². The fraction of sp³-hybridized carbons (Fsp3) is 0.300. The quantitative estimate of drug-likeness (QED) is 0.893. The number of nitrogens with one attached hydrogen (secondary N) is 1. The maximum Gasteiger partial charge on any atom is 0.251 e. The van der Waals surface area contributed by atoms with Gasteiger partial charge in [-0.2, -0.15) is 0 Å². The van der Waals surface area contributed by atoms with Crippen molar-refractivity contribution in [2.75, 3.05) is 18.1 Å². The molecule has 0 fully saturated rings. The highest BCUT2D eigenvalue weighted by atomic mass is 35.5. The molecule has 0 unspecified atom stereocenters. The Morgan fingerprint density at radius 3 is 2.50 bits per heavy atom. The predicted octanol–water partition coefficient (Wildman–Crippen LogP) is 3.52. The molecule has 1 atom stereocenters. The van der Waals surface area contributed by atoms with Crippen LogP contribution in [0, 0.1) is 5.92 Å². The van der Waals surface area contributed by atoms with E-state index in [9.17, 15) is 9.59 Å². The normalized spacial score (nSPS) is 14.4. The molecule has 6 heteroatoms. The summed E-state index contributed by atoms with van der Waals surface area (Å²) in [6.07, 6.45) is 0. The molecule has 2 aromatic carbocycles. The first-order chi connectivity index (χ1) is 12.5. The van der Waals surface area contributed by atoms with Crippen molar-refractivity contribution < 1.29 is 14.3 Å². The fourth-order valence-corrected chi connectivity index (χ4v) is 3.03. The van der Waals surface area contributed by atoms with Crippen molar-refractivity contribution in [1.29, 1.82) is 0 Å². The summed E-state index contributed by atoms with van der Waals surface area (Å²) in [6.45, 7) is 4.71. The largest absolute Gasteiger partial charge is 0.490 e. The molecule has 1 N–H and O–H groups in total. The van der Waals surface area contributed by atoms with Crippen molar-refractivity contribution in [2.24, 2.45) is 5.92 Å². The molecule has 0 saturated carbocycles. The van der Waals surface area contributed by atoms with Gasteiger partial charge >= 0.3 is 0 Å². The number of para-hydroxylation sites is 2. The highest BCUT2D eigenvalue weighted by Gasteiger charge is 2.32. The summed E-state index contributed by atoms with van der Waals surface area (Å²) >= 11 is 5.87. The average Bonchev–Trinajstić information content (AvgIpc) is 2.65. The van der Waals surface area contributed by atoms with Gasteiger partial charge in [-0.25, -0.2) is 0 Å². The molecule has 0 saturated heterocycles. The lowest BCUT2D eigenvalue weighted by molar-refractivity contribution is -0.121. The first-order valence-corrected chi connectivity index (χ1v) is 8.95. The van der Waals surface area contributed by atoms with Crippen LogP contribution in [0.1, 0.15) is 24.2 Å². The van der Waals surface area contributed by atoms with E-state index in [-0.39, 0.29) is 17.7 Å². The molecule has 26 heavy (non-hydrogen) atoms. The van der Waals surface area contributed by atoms with Gasteiger partial charge in [0.1, 0.15) is 18.4 Å². The number of hydrogen-bond acceptors (Lipinski definition) is 3. The number of benzene rings is 2. The third-order valence-corrected chi connectivity index (χ3v) is 4.57. The maximum absolute atomic E-state index is 13.2. The number of halogens is 1. The number of nitrogens with zero attached hydrogens (tertiary/aromatic N) is 1. The molecule has 0 spiro atoms. The lowest BCUT2D eigenvalue weighted by Gasteiger charge is -2.33. The highest BCUT2D eigenvalue weighted by Crippen LogP contribution is 2.31. The van der Waals surface area contributed by atoms with Crippen molar-refractivity contribution in [1.82, 2.24) is 5.32 Å². The highest BCUT2D eigenvalue weighted by molar-refractivity contribution is 6.30. The monoisotopic (exact) mass is 372 g/mol. The summed E-state index contributed by atoms with van der Waals surface area (Å²) in [5.74, 6) is 0.181. The second-order valence-corrected chi connectivity index (χ2v) is 6.94. The summed E-state index contributed by atoms with van der Waals surface area (Å²) in [6, 6.07) is 13.4. The van der Waals surface area contributed by atoms with Crippen LogP contribution >= 0.6 is 11.6 Å². The zero-order valence-corrected chi connectivity index (χ0v) is 15.5. The van der Waals surface area contributed by atoms with E-state index in [0.717, 1.165) is 5.69 Å². The van der Waals surface area contributed by atoms with Crippen molar-refractivity contribution in [3.8, 4) is 5.75 Å². The van der Waals surface area contributed by atoms with Crippen molar-refractivity contribution in [3.05, 3.63) is 59.1 Å². The average molecular weight is 373 g/mol. The molecule has 1 heterocycles. The zero-order valence-electron chi connectivity index (χ0n) is 14.7. The number of carbonyl (C=O) groups is 2. The van der Waals surface area contributed by atoms with E-state index < -0.39 is 6.04 Å². The summed E-state index contributed by atoms with van der Waals surface area (Å²) < 4.78 is 5.61. The van der Waals surface area contributed by atoms with E-state index in [1.165, 1.54) is 0 Å². The van der Waals surface area contributed by atoms with Crippen LogP contribution in [0.25, 0.3) is 0 Å². The number of rotatable bonds is 4. The summed E-state index contributed by atoms with van der Waals surface area (Å²) in [5.41, 5.74) is 1.20. The SMILES string of the molecule is CC(C)[C@@H](NC(=O)c1ccc(Cl)cc1)C(=O)N1CCOc2ccccc21. The molecule has 5 nitrogen and oxygen atoms in total. The van der Waals surface area contributed by atoms with Crippen molar-refractivity contribution in [3.63, 3.8) is 0 Å². The minimum absolute atomic E-state index is 0.0613. The smallest absolute Gasteiger partial charge is 0.251 e. The van der Waals surface area contributed by atoms with Crippen LogP contribution in [0.5, 0.6) is 5.75 Å². The van der Waals surface area contributed by atoms with Crippen LogP contribution in [0.2, 0.25) is 5.02 Å². The molecular formula is C20H21ClN2O3. The molecule has 1 aliphatic rings. The molecule has 0 bridgehead atoms. The lowest BCUT2D eigenvalue weighted by atomic mass is 10.0. The number of ether oxygens (including phenoxy) is 1. The van der Waals surface area contributed by atoms with Crippen LogP contribution in [0.3, 0.4) is 0 Å². The van der Waals surface area contributed by atoms with Gasteiger partial charge in [-0.3, -0.25) is 9.59 Å². The van der Waals surface area contributed by atoms with Gasteiger partial charge in [0.05, 0.1) is 12.2 Å². The molecule has 0 aliphatic carbocycles. The molecule has 1 aliphatic heterocycles. The molecule has 2 amide bonds. The van der Waals surface area contributed by atoms with Gasteiger partial charge in [-0.15, -0.1) is 0 Å². The van der Waals surface area contributed by atoms with Gasteiger partial charge < -0.3 is 15.0 Å². The van der Waals surface area contributed by atoms with Crippen LogP contribution in [-0.2, 0) is 4.79 Å². The zero-order chi connectivity index (χ0) is 18.7. The van der Waals surface area contributed by atoms with Gasteiger partial charge in [0.2, 0.25) is 5.91 Å². The minimum Gasteiger partial charge on any atom is -0.490 e. The lowest BCUT2D eigenvalue weighted by Crippen LogP contribution is -2.53. The van der Waals surface area contributed by atoms with Gasteiger partial charge in [0.25, 0.3) is 5.91 Å². The Labute approximate surface area is 157 Å². The van der Waals surface area contributed by atoms with Gasteiger partial charge in [0, 0.05) is 10.6 Å². The molecule has 136 valence electrons. The van der Waals surface area contributed by atoms with E-state index in [1.54, 1.807) is 29.2 Å². The summed E-state index contributed by atoms with van der Waals surface area (Å²) in [5, 5.41) is 3.42. The Bertz CT molecular complexity index is 805. The maximum atomic E-state index is 13.2. The second-order valence-electron chi connectivity index (χ2n) is 6.51. The number of fused-ring (bicyclic) bond motifs is 1. The van der Waals surface area contributed by atoms with E-state index in [2.05, 4.69) is 5.32 Å². The Hall–Kier alpha value is -2.53. The van der Waals surface area contributed by atoms with Gasteiger partial charge in [-0.05, 0) is 42.3 Å². The van der Waals surface area contributed by atoms with Crippen LogP contribution in [-0.4, -0.2) is 31.0 Å². The molecule has 0 radical (unpaired) electrons. The first kappa shape index (κ1) is 18.3. The summed E-state index contributed by atoms with van der Waals surface area (Å²) in [4.78, 5) is 27.4.